The van der Waals surface area contributed by atoms with E-state index in [1.165, 1.54) is 0 Å². The third-order valence-corrected chi connectivity index (χ3v) is 4.18. The van der Waals surface area contributed by atoms with E-state index in [4.69, 9.17) is 0 Å². The molecule has 0 aliphatic rings. The molecular formula is C19H28N4O. The van der Waals surface area contributed by atoms with Crippen LogP contribution in [0.15, 0.2) is 18.2 Å². The first kappa shape index (κ1) is 18.2. The normalized spacial score (nSPS) is 10.8. The highest BCUT2D eigenvalue weighted by Gasteiger charge is 2.13. The fraction of sp³-hybridized carbons (Fsp3) is 0.526. The summed E-state index contributed by atoms with van der Waals surface area (Å²) in [7, 11) is 0. The van der Waals surface area contributed by atoms with Crippen molar-refractivity contribution >= 4 is 22.8 Å². The molecule has 0 aliphatic heterocycles. The van der Waals surface area contributed by atoms with Crippen LogP contribution in [0, 0.1) is 13.8 Å². The van der Waals surface area contributed by atoms with Crippen molar-refractivity contribution in [1.82, 2.24) is 14.9 Å². The number of aromatic nitrogens is 2. The summed E-state index contributed by atoms with van der Waals surface area (Å²) in [6.45, 7) is 9.79. The summed E-state index contributed by atoms with van der Waals surface area (Å²) in [6.07, 6.45) is 4.22. The lowest BCUT2D eigenvalue weighted by Gasteiger charge is -2.23. The SMILES string of the molecule is CCCCN(CCCC)C(=O)Nc1ccc2nc(C)c(C)nc2c1. The van der Waals surface area contributed by atoms with Gasteiger partial charge in [0.05, 0.1) is 22.4 Å². The van der Waals surface area contributed by atoms with Crippen molar-refractivity contribution < 1.29 is 4.79 Å². The minimum atomic E-state index is -0.0342. The lowest BCUT2D eigenvalue weighted by Crippen LogP contribution is -2.36. The van der Waals surface area contributed by atoms with E-state index in [0.29, 0.717) is 0 Å². The van der Waals surface area contributed by atoms with Gasteiger partial charge in [0.25, 0.3) is 0 Å². The first-order valence-corrected chi connectivity index (χ1v) is 8.86. The van der Waals surface area contributed by atoms with Crippen LogP contribution in [0.3, 0.4) is 0 Å². The number of hydrogen-bond acceptors (Lipinski definition) is 3. The summed E-state index contributed by atoms with van der Waals surface area (Å²) in [5, 5.41) is 3.01. The second-order valence-corrected chi connectivity index (χ2v) is 6.22. The molecule has 2 aromatic rings. The number of anilines is 1. The van der Waals surface area contributed by atoms with Gasteiger partial charge in [-0.25, -0.2) is 14.8 Å². The fourth-order valence-corrected chi connectivity index (χ4v) is 2.52. The Labute approximate surface area is 144 Å². The number of amides is 2. The fourth-order valence-electron chi connectivity index (χ4n) is 2.52. The monoisotopic (exact) mass is 328 g/mol. The Morgan fingerprint density at radius 2 is 1.58 bits per heavy atom. The highest BCUT2D eigenvalue weighted by Crippen LogP contribution is 2.18. The number of unbranched alkanes of at least 4 members (excludes halogenated alkanes) is 2. The van der Waals surface area contributed by atoms with Gasteiger partial charge < -0.3 is 10.2 Å². The van der Waals surface area contributed by atoms with Gasteiger partial charge >= 0.3 is 6.03 Å². The molecule has 0 spiro atoms. The molecule has 1 aromatic carbocycles. The van der Waals surface area contributed by atoms with E-state index in [1.807, 2.05) is 36.9 Å². The van der Waals surface area contributed by atoms with Gasteiger partial charge in [0, 0.05) is 18.8 Å². The molecule has 0 saturated heterocycles. The molecule has 130 valence electrons. The van der Waals surface area contributed by atoms with Gasteiger partial charge in [0.15, 0.2) is 0 Å². The number of nitrogens with zero attached hydrogens (tertiary/aromatic N) is 3. The summed E-state index contributed by atoms with van der Waals surface area (Å²) in [5.41, 5.74) is 4.28. The molecule has 5 heteroatoms. The number of benzene rings is 1. The molecule has 0 atom stereocenters. The van der Waals surface area contributed by atoms with Gasteiger partial charge in [0.1, 0.15) is 0 Å². The van der Waals surface area contributed by atoms with Crippen molar-refractivity contribution in [3.05, 3.63) is 29.6 Å². The molecule has 0 aliphatic carbocycles. The molecule has 0 fully saturated rings. The Hall–Kier alpha value is -2.17. The minimum Gasteiger partial charge on any atom is -0.325 e. The summed E-state index contributed by atoms with van der Waals surface area (Å²) in [4.78, 5) is 23.6. The van der Waals surface area contributed by atoms with E-state index >= 15 is 0 Å². The average molecular weight is 328 g/mol. The van der Waals surface area contributed by atoms with Crippen molar-refractivity contribution in [3.8, 4) is 0 Å². The number of aryl methyl sites for hydroxylation is 2. The number of rotatable bonds is 7. The predicted octanol–water partition coefficient (Wildman–Crippen LogP) is 4.68. The first-order chi connectivity index (χ1) is 11.5. The molecule has 5 nitrogen and oxygen atoms in total. The van der Waals surface area contributed by atoms with E-state index in [9.17, 15) is 4.79 Å². The molecule has 1 aromatic heterocycles. The van der Waals surface area contributed by atoms with Crippen LogP contribution in [0.4, 0.5) is 10.5 Å². The third kappa shape index (κ3) is 4.66. The van der Waals surface area contributed by atoms with Crippen LogP contribution in [0.25, 0.3) is 11.0 Å². The molecule has 0 unspecified atom stereocenters. The standard InChI is InChI=1S/C19H28N4O/c1-5-7-11-23(12-8-6-2)19(24)22-16-9-10-17-18(13-16)21-15(4)14(3)20-17/h9-10,13H,5-8,11-12H2,1-4H3,(H,22,24). The molecule has 1 heterocycles. The summed E-state index contributed by atoms with van der Waals surface area (Å²) >= 11 is 0. The maximum absolute atomic E-state index is 12.6. The van der Waals surface area contributed by atoms with Crippen LogP contribution in [0.2, 0.25) is 0 Å². The van der Waals surface area contributed by atoms with Gasteiger partial charge in [-0.15, -0.1) is 0 Å². The number of carbonyl (C=O) groups is 1. The van der Waals surface area contributed by atoms with Crippen LogP contribution >= 0.6 is 0 Å². The highest BCUT2D eigenvalue weighted by atomic mass is 16.2. The van der Waals surface area contributed by atoms with Gasteiger partial charge in [-0.1, -0.05) is 26.7 Å². The lowest BCUT2D eigenvalue weighted by molar-refractivity contribution is 0.210. The zero-order chi connectivity index (χ0) is 17.5. The smallest absolute Gasteiger partial charge is 0.321 e. The molecule has 0 saturated carbocycles. The predicted molar refractivity (Wildman–Crippen MR) is 99.4 cm³/mol. The average Bonchev–Trinajstić information content (AvgIpc) is 2.56. The molecule has 1 N–H and O–H groups in total. The van der Waals surface area contributed by atoms with Crippen molar-refractivity contribution in [2.75, 3.05) is 18.4 Å². The lowest BCUT2D eigenvalue weighted by atomic mass is 10.2. The topological polar surface area (TPSA) is 58.1 Å². The Kier molecular flexibility index (Phi) is 6.53. The number of nitrogens with one attached hydrogen (secondary N) is 1. The molecular weight excluding hydrogens is 300 g/mol. The Balaban J connectivity index is 2.13. The zero-order valence-corrected chi connectivity index (χ0v) is 15.2. The maximum atomic E-state index is 12.6. The van der Waals surface area contributed by atoms with E-state index in [0.717, 1.165) is 66.9 Å². The largest absolute Gasteiger partial charge is 0.325 e. The van der Waals surface area contributed by atoms with E-state index in [-0.39, 0.29) is 6.03 Å². The van der Waals surface area contributed by atoms with Crippen LogP contribution in [0.5, 0.6) is 0 Å². The van der Waals surface area contributed by atoms with Crippen molar-refractivity contribution in [2.24, 2.45) is 0 Å². The minimum absolute atomic E-state index is 0.0342. The Morgan fingerprint density at radius 3 is 2.17 bits per heavy atom. The van der Waals surface area contributed by atoms with Crippen LogP contribution in [-0.2, 0) is 0 Å². The van der Waals surface area contributed by atoms with Crippen LogP contribution in [-0.4, -0.2) is 34.0 Å². The summed E-state index contributed by atoms with van der Waals surface area (Å²) < 4.78 is 0. The molecule has 24 heavy (non-hydrogen) atoms. The van der Waals surface area contributed by atoms with Crippen LogP contribution in [0.1, 0.15) is 50.9 Å². The first-order valence-electron chi connectivity index (χ1n) is 8.86. The number of fused-ring (bicyclic) bond motifs is 1. The molecule has 2 rings (SSSR count). The zero-order valence-electron chi connectivity index (χ0n) is 15.2. The molecule has 2 amide bonds. The van der Waals surface area contributed by atoms with Gasteiger partial charge in [-0.2, -0.15) is 0 Å². The Bertz CT molecular complexity index is 691. The van der Waals surface area contributed by atoms with E-state index < -0.39 is 0 Å². The van der Waals surface area contributed by atoms with Gasteiger partial charge in [-0.3, -0.25) is 0 Å². The number of hydrogen-bond donors (Lipinski definition) is 1. The van der Waals surface area contributed by atoms with Crippen molar-refractivity contribution in [1.29, 1.82) is 0 Å². The molecule has 0 radical (unpaired) electrons. The van der Waals surface area contributed by atoms with E-state index in [1.54, 1.807) is 0 Å². The molecule has 0 bridgehead atoms. The quantitative estimate of drug-likeness (QED) is 0.802. The van der Waals surface area contributed by atoms with Gasteiger partial charge in [-0.05, 0) is 44.9 Å². The Morgan fingerprint density at radius 1 is 1.00 bits per heavy atom. The number of carbonyl (C=O) groups excluding carboxylic acids is 1. The summed E-state index contributed by atoms with van der Waals surface area (Å²) in [5.74, 6) is 0. The van der Waals surface area contributed by atoms with E-state index in [2.05, 4.69) is 29.1 Å². The van der Waals surface area contributed by atoms with Crippen molar-refractivity contribution in [2.45, 2.75) is 53.4 Å². The van der Waals surface area contributed by atoms with Crippen LogP contribution < -0.4 is 5.32 Å². The number of urea groups is 1. The third-order valence-electron chi connectivity index (χ3n) is 4.18. The van der Waals surface area contributed by atoms with Gasteiger partial charge in [0.2, 0.25) is 0 Å². The second kappa shape index (κ2) is 8.62. The van der Waals surface area contributed by atoms with Crippen molar-refractivity contribution in [3.63, 3.8) is 0 Å². The highest BCUT2D eigenvalue weighted by molar-refractivity contribution is 5.91. The second-order valence-electron chi connectivity index (χ2n) is 6.22. The summed E-state index contributed by atoms with van der Waals surface area (Å²) in [6, 6.07) is 5.66. The maximum Gasteiger partial charge on any atom is 0.321 e.